The largest absolute Gasteiger partial charge is 0.487 e. The molecule has 0 aromatic rings. The van der Waals surface area contributed by atoms with Gasteiger partial charge in [-0.05, 0) is 64.5 Å². The molecule has 8 heteroatoms. The van der Waals surface area contributed by atoms with E-state index < -0.39 is 28.7 Å². The molecule has 0 saturated heterocycles. The molecule has 6 nitrogen and oxygen atoms in total. The second-order valence-electron chi connectivity index (χ2n) is 8.02. The lowest BCUT2D eigenvalue weighted by Crippen LogP contribution is -2.44. The van der Waals surface area contributed by atoms with Crippen molar-refractivity contribution in [1.82, 2.24) is 0 Å². The fraction of sp³-hybridized carbons (Fsp3) is 0.684. The number of esters is 1. The maximum Gasteiger partial charge on any atom is 0.344 e. The second kappa shape index (κ2) is 12.1. The number of unbranched alkanes of at least 4 members (excludes halogenated alkanes) is 1. The van der Waals surface area contributed by atoms with Gasteiger partial charge in [0.2, 0.25) is 0 Å². The summed E-state index contributed by atoms with van der Waals surface area (Å²) in [6, 6.07) is 1.90. The summed E-state index contributed by atoms with van der Waals surface area (Å²) < 4.78 is 16.7. The van der Waals surface area contributed by atoms with Crippen molar-refractivity contribution in [3.05, 3.63) is 25.0 Å². The Kier molecular flexibility index (Phi) is 11.5. The van der Waals surface area contributed by atoms with Gasteiger partial charge in [0.25, 0.3) is 0 Å². The van der Waals surface area contributed by atoms with Crippen LogP contribution in [0.2, 0.25) is 38.3 Å². The lowest BCUT2D eigenvalue weighted by molar-refractivity contribution is -0.147. The van der Waals surface area contributed by atoms with Gasteiger partial charge in [-0.25, -0.2) is 9.59 Å². The van der Waals surface area contributed by atoms with E-state index in [2.05, 4.69) is 39.3 Å². The van der Waals surface area contributed by atoms with Crippen molar-refractivity contribution in [2.24, 2.45) is 0 Å². The Morgan fingerprint density at radius 2 is 1.63 bits per heavy atom. The normalized spacial score (nSPS) is 12.9. The van der Waals surface area contributed by atoms with Gasteiger partial charge in [-0.3, -0.25) is 0 Å². The Bertz CT molecular complexity index is 516. The first-order chi connectivity index (χ1) is 12.4. The zero-order valence-electron chi connectivity index (χ0n) is 17.5. The van der Waals surface area contributed by atoms with E-state index in [0.29, 0.717) is 18.6 Å². The molecule has 0 radical (unpaired) electrons. The third-order valence-electron chi connectivity index (χ3n) is 4.09. The molecule has 0 aliphatic carbocycles. The van der Waals surface area contributed by atoms with E-state index in [9.17, 15) is 9.59 Å². The maximum absolute atomic E-state index is 11.3. The Labute approximate surface area is 165 Å². The average Bonchev–Trinajstić information content (AvgIpc) is 2.51. The minimum atomic E-state index is -1.87. The minimum Gasteiger partial charge on any atom is -0.487 e. The quantitative estimate of drug-likeness (QED) is 0.137. The van der Waals surface area contributed by atoms with Gasteiger partial charge in [-0.15, -0.1) is 0 Å². The van der Waals surface area contributed by atoms with Crippen molar-refractivity contribution >= 4 is 28.6 Å². The van der Waals surface area contributed by atoms with Crippen LogP contribution in [0, 0.1) is 0 Å². The van der Waals surface area contributed by atoms with Crippen molar-refractivity contribution in [1.29, 1.82) is 0 Å². The number of rotatable bonds is 15. The molecule has 0 saturated carbocycles. The van der Waals surface area contributed by atoms with Crippen LogP contribution in [0.3, 0.4) is 0 Å². The van der Waals surface area contributed by atoms with Crippen LogP contribution >= 0.6 is 0 Å². The van der Waals surface area contributed by atoms with E-state index in [1.54, 1.807) is 6.92 Å². The first-order valence-corrected chi connectivity index (χ1v) is 15.7. The van der Waals surface area contributed by atoms with Crippen LogP contribution in [0.15, 0.2) is 25.0 Å². The maximum atomic E-state index is 11.3. The fourth-order valence-electron chi connectivity index (χ4n) is 2.87. The van der Waals surface area contributed by atoms with Gasteiger partial charge < -0.3 is 18.7 Å². The van der Waals surface area contributed by atoms with Crippen molar-refractivity contribution in [2.45, 2.75) is 77.0 Å². The minimum absolute atomic E-state index is 0.337. The summed E-state index contributed by atoms with van der Waals surface area (Å²) in [6.45, 7) is 17.8. The number of hydrogen-bond acceptors (Lipinski definition) is 5. The molecular weight excluding hydrogens is 380 g/mol. The van der Waals surface area contributed by atoms with E-state index in [-0.39, 0.29) is 5.97 Å². The first-order valence-electron chi connectivity index (χ1n) is 9.42. The number of carboxylic acids is 1. The Balaban J connectivity index is 4.23. The molecule has 1 N–H and O–H groups in total. The third-order valence-corrected chi connectivity index (χ3v) is 11.6. The predicted octanol–water partition coefficient (Wildman–Crippen LogP) is 4.71. The first kappa shape index (κ1) is 25.6. The molecule has 0 heterocycles. The molecule has 0 rings (SSSR count). The molecule has 0 amide bonds. The van der Waals surface area contributed by atoms with Gasteiger partial charge in [-0.1, -0.05) is 19.6 Å². The SMILES string of the molecule is C=COC(CCC[Si](C)(C)O[Si](C)(C)CCCCOC(=O)C(=C)C)C(=O)O. The van der Waals surface area contributed by atoms with Crippen LogP contribution in [0.25, 0.3) is 0 Å². The molecule has 1 atom stereocenters. The zero-order valence-corrected chi connectivity index (χ0v) is 19.5. The lowest BCUT2D eigenvalue weighted by atomic mass is 10.2. The summed E-state index contributed by atoms with van der Waals surface area (Å²) >= 11 is 0. The number of carboxylic acid groups (broad SMARTS) is 1. The molecule has 27 heavy (non-hydrogen) atoms. The molecule has 0 aliphatic heterocycles. The second-order valence-corrected chi connectivity index (χ2v) is 16.9. The van der Waals surface area contributed by atoms with Crippen molar-refractivity contribution < 1.29 is 28.3 Å². The topological polar surface area (TPSA) is 82.1 Å². The summed E-state index contributed by atoms with van der Waals surface area (Å²) in [7, 11) is -3.69. The molecule has 0 aromatic heterocycles. The van der Waals surface area contributed by atoms with Crippen molar-refractivity contribution in [3.8, 4) is 0 Å². The average molecular weight is 417 g/mol. The zero-order chi connectivity index (χ0) is 21.1. The standard InChI is InChI=1S/C19H36O6Si2/c1-8-23-17(18(20)21)12-11-15-27(6,7)25-26(4,5)14-10-9-13-24-19(22)16(2)3/h8,17H,1-2,9-15H2,3-7H3,(H,20,21). The molecular formula is C19H36O6Si2. The molecule has 0 bridgehead atoms. The number of ether oxygens (including phenoxy) is 2. The van der Waals surface area contributed by atoms with Gasteiger partial charge in [0.05, 0.1) is 12.9 Å². The molecule has 0 fully saturated rings. The van der Waals surface area contributed by atoms with Crippen LogP contribution in [-0.4, -0.2) is 46.4 Å². The highest BCUT2D eigenvalue weighted by atomic mass is 28.4. The monoisotopic (exact) mass is 416 g/mol. The van der Waals surface area contributed by atoms with E-state index in [1.807, 2.05) is 0 Å². The molecule has 0 spiro atoms. The van der Waals surface area contributed by atoms with Crippen LogP contribution in [-0.2, 0) is 23.2 Å². The van der Waals surface area contributed by atoms with Crippen LogP contribution < -0.4 is 0 Å². The highest BCUT2D eigenvalue weighted by molar-refractivity contribution is 6.84. The van der Waals surface area contributed by atoms with Gasteiger partial charge in [0.1, 0.15) is 0 Å². The highest BCUT2D eigenvalue weighted by Gasteiger charge is 2.32. The predicted molar refractivity (Wildman–Crippen MR) is 113 cm³/mol. The summed E-state index contributed by atoms with van der Waals surface area (Å²) in [5.41, 5.74) is 0.421. The summed E-state index contributed by atoms with van der Waals surface area (Å²) in [5, 5.41) is 9.10. The fourth-order valence-corrected chi connectivity index (χ4v) is 11.8. The van der Waals surface area contributed by atoms with Crippen LogP contribution in [0.5, 0.6) is 0 Å². The van der Waals surface area contributed by atoms with E-state index in [4.69, 9.17) is 18.7 Å². The van der Waals surface area contributed by atoms with E-state index in [0.717, 1.165) is 31.4 Å². The third kappa shape index (κ3) is 12.6. The Hall–Kier alpha value is -1.39. The van der Waals surface area contributed by atoms with Gasteiger partial charge >= 0.3 is 11.9 Å². The summed E-state index contributed by atoms with van der Waals surface area (Å²) in [4.78, 5) is 22.4. The molecule has 1 unspecified atom stereocenters. The number of hydrogen-bond donors (Lipinski definition) is 1. The number of carbonyl (C=O) groups is 2. The van der Waals surface area contributed by atoms with Gasteiger partial charge in [-0.2, -0.15) is 0 Å². The smallest absolute Gasteiger partial charge is 0.344 e. The number of aliphatic carboxylic acids is 1. The van der Waals surface area contributed by atoms with Gasteiger partial charge in [0, 0.05) is 5.57 Å². The molecule has 0 aliphatic rings. The van der Waals surface area contributed by atoms with Crippen LogP contribution in [0.4, 0.5) is 0 Å². The summed E-state index contributed by atoms with van der Waals surface area (Å²) in [5.74, 6) is -1.30. The van der Waals surface area contributed by atoms with E-state index in [1.165, 1.54) is 6.26 Å². The van der Waals surface area contributed by atoms with Crippen LogP contribution in [0.1, 0.15) is 32.6 Å². The van der Waals surface area contributed by atoms with Crippen molar-refractivity contribution in [3.63, 3.8) is 0 Å². The molecule has 156 valence electrons. The highest BCUT2D eigenvalue weighted by Crippen LogP contribution is 2.25. The molecule has 0 aromatic carbocycles. The number of carbonyl (C=O) groups excluding carboxylic acids is 1. The van der Waals surface area contributed by atoms with Gasteiger partial charge in [0.15, 0.2) is 22.7 Å². The Morgan fingerprint density at radius 3 is 2.11 bits per heavy atom. The Morgan fingerprint density at radius 1 is 1.07 bits per heavy atom. The van der Waals surface area contributed by atoms with Crippen molar-refractivity contribution in [2.75, 3.05) is 6.61 Å². The van der Waals surface area contributed by atoms with E-state index >= 15 is 0 Å². The summed E-state index contributed by atoms with van der Waals surface area (Å²) in [6.07, 6.45) is 3.34. The lowest BCUT2D eigenvalue weighted by Gasteiger charge is -2.34.